The van der Waals surface area contributed by atoms with E-state index in [2.05, 4.69) is 162 Å². The number of rotatable bonds is 5. The predicted octanol–water partition coefficient (Wildman–Crippen LogP) is 11.9. The largest absolute Gasteiger partial charge is 0.245 e. The van der Waals surface area contributed by atoms with Crippen molar-refractivity contribution in [3.63, 3.8) is 0 Å². The molecule has 3 aromatic heterocycles. The van der Waals surface area contributed by atoms with Crippen LogP contribution in [0, 0.1) is 0 Å². The van der Waals surface area contributed by atoms with Crippen LogP contribution < -0.4 is 0 Å². The van der Waals surface area contributed by atoms with Gasteiger partial charge in [-0.25, -0.2) is 14.6 Å². The van der Waals surface area contributed by atoms with Gasteiger partial charge in [0.1, 0.15) is 5.69 Å². The number of hydrogen-bond acceptors (Lipinski definition) is 3. The third kappa shape index (κ3) is 4.96. The molecular weight excluding hydrogens is 621 g/mol. The second-order valence-corrected chi connectivity index (χ2v) is 12.9. The maximum absolute atomic E-state index is 5.31. The molecule has 3 heterocycles. The minimum atomic E-state index is 0.906. The lowest BCUT2D eigenvalue weighted by atomic mass is 9.93. The van der Waals surface area contributed by atoms with Crippen molar-refractivity contribution in [2.24, 2.45) is 0 Å². The standard InChI is InChI=1S/C47H30N4/c1-4-12-32(13-5-1)41-28-26-35-24-25-36-27-29-42(49-46(36)45(35)48-41)33-22-20-31(21-23-33)40-30-37-16-10-11-19-39(37)47-43(40)44(34-14-6-2-7-15-34)50-51(47)38-17-8-3-9-18-38/h1-30H. The summed E-state index contributed by atoms with van der Waals surface area (Å²) >= 11 is 0. The molecule has 0 bridgehead atoms. The first-order valence-corrected chi connectivity index (χ1v) is 17.2. The topological polar surface area (TPSA) is 43.6 Å². The van der Waals surface area contributed by atoms with Crippen molar-refractivity contribution in [3.8, 4) is 50.6 Å². The Morgan fingerprint density at radius 3 is 1.55 bits per heavy atom. The summed E-state index contributed by atoms with van der Waals surface area (Å²) in [6.07, 6.45) is 0. The Bertz CT molecular complexity index is 2880. The van der Waals surface area contributed by atoms with Crippen LogP contribution in [-0.2, 0) is 0 Å². The van der Waals surface area contributed by atoms with Gasteiger partial charge in [0.25, 0.3) is 0 Å². The molecule has 0 saturated carbocycles. The van der Waals surface area contributed by atoms with Crippen molar-refractivity contribution < 1.29 is 0 Å². The number of benzene rings is 7. The molecule has 0 atom stereocenters. The van der Waals surface area contributed by atoms with Crippen molar-refractivity contribution in [3.05, 3.63) is 182 Å². The van der Waals surface area contributed by atoms with E-state index in [0.29, 0.717) is 0 Å². The monoisotopic (exact) mass is 650 g/mol. The highest BCUT2D eigenvalue weighted by molar-refractivity contribution is 6.17. The van der Waals surface area contributed by atoms with Gasteiger partial charge in [-0.3, -0.25) is 0 Å². The number of nitrogens with zero attached hydrogens (tertiary/aromatic N) is 4. The molecule has 0 saturated heterocycles. The molecule has 0 N–H and O–H groups in total. The van der Waals surface area contributed by atoms with Crippen LogP contribution in [0.1, 0.15) is 0 Å². The van der Waals surface area contributed by atoms with Gasteiger partial charge >= 0.3 is 0 Å². The molecule has 10 aromatic rings. The summed E-state index contributed by atoms with van der Waals surface area (Å²) in [5, 5.41) is 10.9. The van der Waals surface area contributed by atoms with E-state index in [9.17, 15) is 0 Å². The first kappa shape index (κ1) is 29.0. The lowest BCUT2D eigenvalue weighted by Crippen LogP contribution is -1.96. The van der Waals surface area contributed by atoms with Crippen LogP contribution in [0.4, 0.5) is 0 Å². The molecule has 238 valence electrons. The van der Waals surface area contributed by atoms with Crippen molar-refractivity contribution >= 4 is 43.5 Å². The lowest BCUT2D eigenvalue weighted by molar-refractivity contribution is 0.918. The third-order valence-electron chi connectivity index (χ3n) is 9.80. The highest BCUT2D eigenvalue weighted by Crippen LogP contribution is 2.42. The maximum atomic E-state index is 5.31. The highest BCUT2D eigenvalue weighted by atomic mass is 15.3. The van der Waals surface area contributed by atoms with Gasteiger partial charge in [0, 0.05) is 38.2 Å². The van der Waals surface area contributed by atoms with Crippen LogP contribution in [0.5, 0.6) is 0 Å². The first-order valence-electron chi connectivity index (χ1n) is 17.2. The molecule has 4 nitrogen and oxygen atoms in total. The number of hydrogen-bond donors (Lipinski definition) is 0. The van der Waals surface area contributed by atoms with Crippen molar-refractivity contribution in [1.82, 2.24) is 19.7 Å². The average molecular weight is 651 g/mol. The minimum absolute atomic E-state index is 0.906. The summed E-state index contributed by atoms with van der Waals surface area (Å²) in [4.78, 5) is 10.3. The van der Waals surface area contributed by atoms with Crippen LogP contribution in [0.2, 0.25) is 0 Å². The zero-order valence-corrected chi connectivity index (χ0v) is 27.6. The van der Waals surface area contributed by atoms with E-state index in [1.54, 1.807) is 0 Å². The second-order valence-electron chi connectivity index (χ2n) is 12.9. The second kappa shape index (κ2) is 11.9. The summed E-state index contributed by atoms with van der Waals surface area (Å²) in [7, 11) is 0. The summed E-state index contributed by atoms with van der Waals surface area (Å²) in [6, 6.07) is 63.7. The quantitative estimate of drug-likeness (QED) is 0.174. The Kier molecular flexibility index (Phi) is 6.78. The molecule has 0 fully saturated rings. The molecular formula is C47H30N4. The Hall–Kier alpha value is -6.91. The molecule has 0 amide bonds. The fourth-order valence-corrected chi connectivity index (χ4v) is 7.29. The molecule has 0 spiro atoms. The molecule has 7 aromatic carbocycles. The molecule has 4 heteroatoms. The van der Waals surface area contributed by atoms with E-state index < -0.39 is 0 Å². The number of pyridine rings is 2. The van der Waals surface area contributed by atoms with Gasteiger partial charge in [-0.15, -0.1) is 0 Å². The first-order chi connectivity index (χ1) is 25.3. The zero-order valence-electron chi connectivity index (χ0n) is 27.6. The van der Waals surface area contributed by atoms with Crippen LogP contribution >= 0.6 is 0 Å². The van der Waals surface area contributed by atoms with Gasteiger partial charge in [0.05, 0.1) is 33.6 Å². The van der Waals surface area contributed by atoms with Gasteiger partial charge in [-0.2, -0.15) is 5.10 Å². The summed E-state index contributed by atoms with van der Waals surface area (Å²) in [6.45, 7) is 0. The van der Waals surface area contributed by atoms with E-state index in [-0.39, 0.29) is 0 Å². The Labute approximate surface area is 294 Å². The summed E-state index contributed by atoms with van der Waals surface area (Å²) in [5.74, 6) is 0. The lowest BCUT2D eigenvalue weighted by Gasteiger charge is -2.12. The predicted molar refractivity (Wildman–Crippen MR) is 211 cm³/mol. The Morgan fingerprint density at radius 2 is 0.902 bits per heavy atom. The van der Waals surface area contributed by atoms with Crippen LogP contribution in [0.15, 0.2) is 182 Å². The van der Waals surface area contributed by atoms with Gasteiger partial charge in [-0.1, -0.05) is 152 Å². The van der Waals surface area contributed by atoms with Gasteiger partial charge in [0.15, 0.2) is 0 Å². The maximum Gasteiger partial charge on any atom is 0.101 e. The number of fused-ring (bicyclic) bond motifs is 6. The van der Waals surface area contributed by atoms with Crippen LogP contribution in [0.3, 0.4) is 0 Å². The van der Waals surface area contributed by atoms with Crippen LogP contribution in [-0.4, -0.2) is 19.7 Å². The molecule has 0 aliphatic carbocycles. The highest BCUT2D eigenvalue weighted by Gasteiger charge is 2.21. The molecule has 51 heavy (non-hydrogen) atoms. The van der Waals surface area contributed by atoms with Crippen molar-refractivity contribution in [2.75, 3.05) is 0 Å². The van der Waals surface area contributed by atoms with Gasteiger partial charge in [0.2, 0.25) is 0 Å². The number of para-hydroxylation sites is 1. The van der Waals surface area contributed by atoms with Gasteiger partial charge < -0.3 is 0 Å². The smallest absolute Gasteiger partial charge is 0.101 e. The van der Waals surface area contributed by atoms with E-state index in [0.717, 1.165) is 83.3 Å². The third-order valence-corrected chi connectivity index (χ3v) is 9.80. The fraction of sp³-hybridized carbons (Fsp3) is 0. The SMILES string of the molecule is c1ccc(-c2ccc3ccc4ccc(-c5ccc(-c6cc7ccccc7c7c6c(-c6ccccc6)nn7-c6ccccc6)cc5)nc4c3n2)cc1. The van der Waals surface area contributed by atoms with Crippen LogP contribution in [0.25, 0.3) is 94.1 Å². The normalized spacial score (nSPS) is 11.5. The summed E-state index contributed by atoms with van der Waals surface area (Å²) in [5.41, 5.74) is 12.3. The van der Waals surface area contributed by atoms with Crippen molar-refractivity contribution in [1.29, 1.82) is 0 Å². The molecule has 0 aliphatic rings. The molecule has 0 aliphatic heterocycles. The molecule has 0 radical (unpaired) electrons. The van der Waals surface area contributed by atoms with E-state index in [1.165, 1.54) is 10.8 Å². The number of aromatic nitrogens is 4. The van der Waals surface area contributed by atoms with E-state index in [4.69, 9.17) is 15.1 Å². The van der Waals surface area contributed by atoms with E-state index in [1.807, 2.05) is 24.3 Å². The zero-order chi connectivity index (χ0) is 33.7. The Morgan fingerprint density at radius 1 is 0.392 bits per heavy atom. The molecule has 10 rings (SSSR count). The van der Waals surface area contributed by atoms with E-state index >= 15 is 0 Å². The average Bonchev–Trinajstić information content (AvgIpc) is 3.62. The van der Waals surface area contributed by atoms with Crippen molar-refractivity contribution in [2.45, 2.75) is 0 Å². The fourth-order valence-electron chi connectivity index (χ4n) is 7.29. The molecule has 0 unspecified atom stereocenters. The summed E-state index contributed by atoms with van der Waals surface area (Å²) < 4.78 is 2.11. The Balaban J connectivity index is 1.14. The van der Waals surface area contributed by atoms with Gasteiger partial charge in [-0.05, 0) is 46.8 Å². The minimum Gasteiger partial charge on any atom is -0.245 e.